The first-order valence-electron chi connectivity index (χ1n) is 6.74. The van der Waals surface area contributed by atoms with Gasteiger partial charge in [0.25, 0.3) is 0 Å². The quantitative estimate of drug-likeness (QED) is 0.897. The van der Waals surface area contributed by atoms with Gasteiger partial charge in [0.05, 0.1) is 11.7 Å². The van der Waals surface area contributed by atoms with E-state index in [0.29, 0.717) is 12.6 Å². The number of nitrogens with two attached hydrogens (primary N) is 1. The lowest BCUT2D eigenvalue weighted by atomic mass is 10.1. The van der Waals surface area contributed by atoms with Crippen LogP contribution in [0.25, 0.3) is 5.65 Å². The number of hydrogen-bond donors (Lipinski definition) is 1. The highest BCUT2D eigenvalue weighted by Gasteiger charge is 2.26. The highest BCUT2D eigenvalue weighted by Crippen LogP contribution is 2.31. The Kier molecular flexibility index (Phi) is 3.06. The molecule has 3 rings (SSSR count). The Hall–Kier alpha value is -1.39. The van der Waals surface area contributed by atoms with Crippen molar-refractivity contribution in [2.75, 3.05) is 13.1 Å². The first kappa shape index (κ1) is 11.7. The van der Waals surface area contributed by atoms with Crippen LogP contribution in [0.1, 0.15) is 37.2 Å². The van der Waals surface area contributed by atoms with Gasteiger partial charge in [0.15, 0.2) is 0 Å². The van der Waals surface area contributed by atoms with Crippen molar-refractivity contribution in [1.82, 2.24) is 14.3 Å². The van der Waals surface area contributed by atoms with Gasteiger partial charge in [-0.1, -0.05) is 13.0 Å². The van der Waals surface area contributed by atoms with Crippen LogP contribution in [0, 0.1) is 0 Å². The Bertz CT molecular complexity index is 546. The molecular formula is C14H20N4. The van der Waals surface area contributed by atoms with Crippen molar-refractivity contribution in [2.24, 2.45) is 5.73 Å². The minimum absolute atomic E-state index is 0.487. The van der Waals surface area contributed by atoms with Crippen LogP contribution in [-0.4, -0.2) is 27.4 Å². The predicted octanol–water partition coefficient (Wildman–Crippen LogP) is 1.95. The topological polar surface area (TPSA) is 46.6 Å². The molecule has 4 heteroatoms. The van der Waals surface area contributed by atoms with Gasteiger partial charge in [-0.3, -0.25) is 4.90 Å². The lowest BCUT2D eigenvalue weighted by Gasteiger charge is -2.20. The molecule has 0 spiro atoms. The molecule has 2 aromatic heterocycles. The zero-order chi connectivity index (χ0) is 12.5. The molecule has 0 radical (unpaired) electrons. The summed E-state index contributed by atoms with van der Waals surface area (Å²) >= 11 is 0. The molecular weight excluding hydrogens is 224 g/mol. The third-order valence-corrected chi connectivity index (χ3v) is 3.92. The van der Waals surface area contributed by atoms with Gasteiger partial charge in [-0.25, -0.2) is 4.98 Å². The van der Waals surface area contributed by atoms with E-state index in [4.69, 9.17) is 10.7 Å². The van der Waals surface area contributed by atoms with Crippen LogP contribution in [0.2, 0.25) is 0 Å². The summed E-state index contributed by atoms with van der Waals surface area (Å²) in [4.78, 5) is 7.27. The van der Waals surface area contributed by atoms with E-state index >= 15 is 0 Å². The Morgan fingerprint density at radius 2 is 2.33 bits per heavy atom. The second-order valence-electron chi connectivity index (χ2n) is 4.90. The van der Waals surface area contributed by atoms with Crippen LogP contribution in [-0.2, 0) is 6.54 Å². The van der Waals surface area contributed by atoms with Gasteiger partial charge in [-0.15, -0.1) is 0 Å². The second kappa shape index (κ2) is 4.71. The summed E-state index contributed by atoms with van der Waals surface area (Å²) < 4.78 is 2.13. The number of aromatic nitrogens is 2. The van der Waals surface area contributed by atoms with Crippen molar-refractivity contribution in [3.63, 3.8) is 0 Å². The normalized spacial score (nSPS) is 20.9. The van der Waals surface area contributed by atoms with Crippen molar-refractivity contribution in [2.45, 2.75) is 32.4 Å². The Morgan fingerprint density at radius 1 is 1.44 bits per heavy atom. The summed E-state index contributed by atoms with van der Waals surface area (Å²) in [6.07, 6.45) is 4.65. The van der Waals surface area contributed by atoms with E-state index in [9.17, 15) is 0 Å². The number of nitrogens with zero attached hydrogens (tertiary/aromatic N) is 3. The molecule has 0 bridgehead atoms. The van der Waals surface area contributed by atoms with E-state index in [1.807, 2.05) is 12.1 Å². The number of rotatable bonds is 3. The third kappa shape index (κ3) is 1.82. The van der Waals surface area contributed by atoms with E-state index in [-0.39, 0.29) is 0 Å². The van der Waals surface area contributed by atoms with Crippen LogP contribution in [0.4, 0.5) is 0 Å². The number of hydrogen-bond acceptors (Lipinski definition) is 3. The lowest BCUT2D eigenvalue weighted by molar-refractivity contribution is 0.267. The Labute approximate surface area is 107 Å². The van der Waals surface area contributed by atoms with Crippen molar-refractivity contribution >= 4 is 5.65 Å². The molecule has 0 saturated carbocycles. The molecule has 0 aliphatic carbocycles. The van der Waals surface area contributed by atoms with Crippen molar-refractivity contribution in [3.05, 3.63) is 35.8 Å². The first-order valence-corrected chi connectivity index (χ1v) is 6.74. The predicted molar refractivity (Wildman–Crippen MR) is 72.3 cm³/mol. The van der Waals surface area contributed by atoms with Gasteiger partial charge in [-0.05, 0) is 38.1 Å². The number of imidazole rings is 1. The highest BCUT2D eigenvalue weighted by atomic mass is 15.2. The average Bonchev–Trinajstić information content (AvgIpc) is 3.03. The monoisotopic (exact) mass is 244 g/mol. The van der Waals surface area contributed by atoms with Gasteiger partial charge in [-0.2, -0.15) is 0 Å². The van der Waals surface area contributed by atoms with E-state index < -0.39 is 0 Å². The van der Waals surface area contributed by atoms with Crippen LogP contribution < -0.4 is 5.73 Å². The smallest absolute Gasteiger partial charge is 0.137 e. The molecule has 1 unspecified atom stereocenters. The molecule has 1 atom stereocenters. The third-order valence-electron chi connectivity index (χ3n) is 3.92. The Balaban J connectivity index is 2.03. The maximum atomic E-state index is 5.77. The molecule has 18 heavy (non-hydrogen) atoms. The van der Waals surface area contributed by atoms with E-state index in [0.717, 1.165) is 17.9 Å². The minimum atomic E-state index is 0.487. The second-order valence-corrected chi connectivity index (χ2v) is 4.90. The summed E-state index contributed by atoms with van der Waals surface area (Å²) in [5, 5.41) is 0. The van der Waals surface area contributed by atoms with Crippen molar-refractivity contribution < 1.29 is 0 Å². The van der Waals surface area contributed by atoms with Crippen LogP contribution in [0.3, 0.4) is 0 Å². The molecule has 1 fully saturated rings. The molecule has 2 N–H and O–H groups in total. The lowest BCUT2D eigenvalue weighted by Crippen LogP contribution is -2.22. The van der Waals surface area contributed by atoms with Crippen molar-refractivity contribution in [3.8, 4) is 0 Å². The number of pyridine rings is 1. The minimum Gasteiger partial charge on any atom is -0.325 e. The number of fused-ring (bicyclic) bond motifs is 1. The molecule has 3 heterocycles. The van der Waals surface area contributed by atoms with Gasteiger partial charge < -0.3 is 10.1 Å². The van der Waals surface area contributed by atoms with Crippen LogP contribution in [0.15, 0.2) is 24.4 Å². The van der Waals surface area contributed by atoms with E-state index in [1.165, 1.54) is 25.1 Å². The van der Waals surface area contributed by atoms with Gasteiger partial charge >= 0.3 is 0 Å². The molecule has 0 aromatic carbocycles. The average molecular weight is 244 g/mol. The Morgan fingerprint density at radius 3 is 3.11 bits per heavy atom. The van der Waals surface area contributed by atoms with Crippen LogP contribution in [0.5, 0.6) is 0 Å². The highest BCUT2D eigenvalue weighted by molar-refractivity contribution is 5.42. The van der Waals surface area contributed by atoms with E-state index in [1.54, 1.807) is 0 Å². The SMILES string of the molecule is CCN1CCCC1c1cn2c(CN)cccc2n1. The molecule has 96 valence electrons. The zero-order valence-corrected chi connectivity index (χ0v) is 10.8. The van der Waals surface area contributed by atoms with Gasteiger partial charge in [0.2, 0.25) is 0 Å². The molecule has 1 saturated heterocycles. The van der Waals surface area contributed by atoms with E-state index in [2.05, 4.69) is 28.5 Å². The fraction of sp³-hybridized carbons (Fsp3) is 0.500. The molecule has 4 nitrogen and oxygen atoms in total. The van der Waals surface area contributed by atoms with Crippen LogP contribution >= 0.6 is 0 Å². The zero-order valence-electron chi connectivity index (χ0n) is 10.8. The fourth-order valence-electron chi connectivity index (χ4n) is 2.95. The maximum absolute atomic E-state index is 5.77. The summed E-state index contributed by atoms with van der Waals surface area (Å²) in [5.41, 5.74) is 9.09. The summed E-state index contributed by atoms with van der Waals surface area (Å²) in [6, 6.07) is 6.62. The fourth-order valence-corrected chi connectivity index (χ4v) is 2.95. The summed E-state index contributed by atoms with van der Waals surface area (Å²) in [6.45, 7) is 5.07. The van der Waals surface area contributed by atoms with Gasteiger partial charge in [0.1, 0.15) is 5.65 Å². The molecule has 1 aliphatic rings. The molecule has 2 aromatic rings. The maximum Gasteiger partial charge on any atom is 0.137 e. The summed E-state index contributed by atoms with van der Waals surface area (Å²) in [7, 11) is 0. The number of likely N-dealkylation sites (tertiary alicyclic amines) is 1. The first-order chi connectivity index (χ1) is 8.83. The summed E-state index contributed by atoms with van der Waals surface area (Å²) in [5.74, 6) is 0. The molecule has 1 aliphatic heterocycles. The largest absolute Gasteiger partial charge is 0.325 e. The van der Waals surface area contributed by atoms with Gasteiger partial charge in [0, 0.05) is 18.4 Å². The standard InChI is InChI=1S/C14H20N4/c1-2-17-8-4-6-13(17)12-10-18-11(9-15)5-3-7-14(18)16-12/h3,5,7,10,13H,2,4,6,8-9,15H2,1H3. The molecule has 0 amide bonds. The van der Waals surface area contributed by atoms with Crippen molar-refractivity contribution in [1.29, 1.82) is 0 Å².